The zero-order valence-electron chi connectivity index (χ0n) is 7.88. The van der Waals surface area contributed by atoms with E-state index in [4.69, 9.17) is 10.0 Å². The van der Waals surface area contributed by atoms with Crippen LogP contribution in [-0.2, 0) is 34.1 Å². The fourth-order valence-corrected chi connectivity index (χ4v) is 0.882. The summed E-state index contributed by atoms with van der Waals surface area (Å²) in [4.78, 5) is 0. The van der Waals surface area contributed by atoms with E-state index >= 15 is 0 Å². The maximum atomic E-state index is 8.47. The summed E-state index contributed by atoms with van der Waals surface area (Å²) in [7, 11) is -1.31. The summed E-state index contributed by atoms with van der Waals surface area (Å²) in [5.41, 5.74) is 0.546. The molecule has 0 aromatic heterocycles. The first kappa shape index (κ1) is 17.1. The predicted octanol–water partition coefficient (Wildman–Crippen LogP) is 0.486. The molecular weight excluding hydrogens is 275 g/mol. The van der Waals surface area contributed by atoms with Gasteiger partial charge in [-0.2, -0.15) is 30.3 Å². The van der Waals surface area contributed by atoms with E-state index in [0.717, 1.165) is 0 Å². The van der Waals surface area contributed by atoms with E-state index in [1.54, 1.807) is 24.3 Å². The monoisotopic (exact) mass is 286 g/mol. The third kappa shape index (κ3) is 7.63. The maximum Gasteiger partial charge on any atom is 0.412 e. The third-order valence-electron chi connectivity index (χ3n) is 1.54. The summed E-state index contributed by atoms with van der Waals surface area (Å²) in [5.74, 6) is 0. The van der Waals surface area contributed by atoms with Crippen LogP contribution in [0.3, 0.4) is 0 Å². The molecule has 84 valence electrons. The molecule has 0 atom stereocenters. The second kappa shape index (κ2) is 10.2. The second-order valence-corrected chi connectivity index (χ2v) is 2.55. The molecule has 0 radical (unpaired) electrons. The summed E-state index contributed by atoms with van der Waals surface area (Å²) in [5, 5.41) is 16.9. The molecule has 15 heavy (non-hydrogen) atoms. The van der Waals surface area contributed by atoms with Crippen LogP contribution in [0.2, 0.25) is 0 Å². The van der Waals surface area contributed by atoms with Crippen molar-refractivity contribution in [1.82, 2.24) is 0 Å². The van der Waals surface area contributed by atoms with Crippen LogP contribution in [0.15, 0.2) is 54.6 Å². The molecule has 2 rings (SSSR count). The molecule has 0 heterocycles. The van der Waals surface area contributed by atoms with Gasteiger partial charge in [-0.15, -0.1) is 5.46 Å². The van der Waals surface area contributed by atoms with Crippen LogP contribution in [0.1, 0.15) is 0 Å². The van der Waals surface area contributed by atoms with Gasteiger partial charge in [0.15, 0.2) is 0 Å². The van der Waals surface area contributed by atoms with Crippen LogP contribution in [-0.4, -0.2) is 17.2 Å². The van der Waals surface area contributed by atoms with Crippen molar-refractivity contribution in [1.29, 1.82) is 0 Å². The zero-order valence-corrected chi connectivity index (χ0v) is 10.1. The first-order valence-electron chi connectivity index (χ1n) is 4.05. The Morgan fingerprint density at radius 2 is 1.33 bits per heavy atom. The van der Waals surface area contributed by atoms with Crippen LogP contribution in [0, 0.1) is 0 Å². The number of rotatable bonds is 1. The topological polar surface area (TPSA) is 40.5 Å². The summed E-state index contributed by atoms with van der Waals surface area (Å²) in [6, 6.07) is 16.8. The molecule has 0 amide bonds. The van der Waals surface area contributed by atoms with E-state index in [2.05, 4.69) is 0 Å². The minimum absolute atomic E-state index is 0. The fraction of sp³-hybridized carbons (Fsp3) is 0. The van der Waals surface area contributed by atoms with Crippen LogP contribution in [0.25, 0.3) is 0 Å². The summed E-state index contributed by atoms with van der Waals surface area (Å²) >= 11 is 0. The van der Waals surface area contributed by atoms with Gasteiger partial charge >= 0.3 is 7.12 Å². The van der Waals surface area contributed by atoms with Crippen molar-refractivity contribution >= 4 is 12.6 Å². The van der Waals surface area contributed by atoms with Gasteiger partial charge in [0, 0.05) is 34.1 Å². The summed E-state index contributed by atoms with van der Waals surface area (Å²) < 4.78 is 0. The quantitative estimate of drug-likeness (QED) is 0.591. The Bertz CT molecular complexity index is 276. The zero-order chi connectivity index (χ0) is 9.52. The van der Waals surface area contributed by atoms with Crippen LogP contribution in [0.4, 0.5) is 0 Å². The van der Waals surface area contributed by atoms with Gasteiger partial charge in [-0.3, -0.25) is 0 Å². The molecule has 2 aromatic rings. The van der Waals surface area contributed by atoms with Gasteiger partial charge in [0.05, 0.1) is 0 Å². The molecule has 0 fully saturated rings. The average molecular weight is 286 g/mol. The number of hydrogen-bond acceptors (Lipinski definition) is 2. The van der Waals surface area contributed by atoms with Crippen molar-refractivity contribution < 1.29 is 44.2 Å². The van der Waals surface area contributed by atoms with E-state index in [9.17, 15) is 0 Å². The molecule has 2 N–H and O–H groups in total. The van der Waals surface area contributed by atoms with Gasteiger partial charge in [-0.25, -0.2) is 24.3 Å². The predicted molar refractivity (Wildman–Crippen MR) is 53.9 cm³/mol. The Morgan fingerprint density at radius 3 is 1.53 bits per heavy atom. The van der Waals surface area contributed by atoms with E-state index in [-0.39, 0.29) is 34.1 Å². The molecule has 0 aliphatic carbocycles. The van der Waals surface area contributed by atoms with Crippen LogP contribution in [0.5, 0.6) is 0 Å². The summed E-state index contributed by atoms with van der Waals surface area (Å²) in [6.45, 7) is 0. The molecule has 0 bridgehead atoms. The van der Waals surface area contributed by atoms with Gasteiger partial charge in [-0.05, 0) is 0 Å². The summed E-state index contributed by atoms with van der Waals surface area (Å²) in [6.07, 6.45) is 0. The third-order valence-corrected chi connectivity index (χ3v) is 1.54. The van der Waals surface area contributed by atoms with E-state index < -0.39 is 7.12 Å². The Balaban J connectivity index is 0. The molecule has 0 spiro atoms. The van der Waals surface area contributed by atoms with E-state index in [1.807, 2.05) is 30.3 Å². The molecular formula is C10H11BFe2O2-2. The largest absolute Gasteiger partial charge is 0.434 e. The molecule has 0 aliphatic heterocycles. The first-order valence-corrected chi connectivity index (χ1v) is 4.05. The van der Waals surface area contributed by atoms with Gasteiger partial charge < -0.3 is 10.0 Å². The average Bonchev–Trinajstić information content (AvgIpc) is 2.82. The Hall–Kier alpha value is -0.276. The SMILES string of the molecule is OB(O)[c-]1cccc1.[Fe].[Fe].c1cc[cH-]c1. The smallest absolute Gasteiger partial charge is 0.412 e. The molecule has 0 saturated heterocycles. The number of hydrogen-bond donors (Lipinski definition) is 2. The Kier molecular flexibility index (Phi) is 11.7. The molecule has 5 heteroatoms. The van der Waals surface area contributed by atoms with Gasteiger partial charge in [-0.1, -0.05) is 0 Å². The first-order chi connectivity index (χ1) is 6.30. The normalized spacial score (nSPS) is 7.60. The van der Waals surface area contributed by atoms with Crippen molar-refractivity contribution in [2.75, 3.05) is 0 Å². The van der Waals surface area contributed by atoms with E-state index in [1.165, 1.54) is 0 Å². The van der Waals surface area contributed by atoms with Crippen LogP contribution >= 0.6 is 0 Å². The second-order valence-electron chi connectivity index (χ2n) is 2.55. The molecule has 0 aliphatic rings. The van der Waals surface area contributed by atoms with Crippen molar-refractivity contribution in [2.45, 2.75) is 0 Å². The van der Waals surface area contributed by atoms with E-state index in [0.29, 0.717) is 5.46 Å². The molecule has 2 aromatic carbocycles. The molecule has 0 saturated carbocycles. The standard InChI is InChI=1S/C5H6BO2.C5H5.2Fe/c7-6(8)5-3-1-2-4-5;1-2-4-5-3-1;;/h1-4,7-8H;1-5H;;/q2*-1;;. The molecule has 0 unspecified atom stereocenters. The van der Waals surface area contributed by atoms with Crippen molar-refractivity contribution in [3.05, 3.63) is 54.6 Å². The van der Waals surface area contributed by atoms with Crippen molar-refractivity contribution in [3.8, 4) is 0 Å². The van der Waals surface area contributed by atoms with Crippen LogP contribution < -0.4 is 5.46 Å². The maximum absolute atomic E-state index is 8.47. The fourth-order valence-electron chi connectivity index (χ4n) is 0.882. The Morgan fingerprint density at radius 1 is 0.867 bits per heavy atom. The van der Waals surface area contributed by atoms with Crippen molar-refractivity contribution in [3.63, 3.8) is 0 Å². The van der Waals surface area contributed by atoms with Gasteiger partial charge in [0.25, 0.3) is 0 Å². The minimum Gasteiger partial charge on any atom is -0.434 e. The van der Waals surface area contributed by atoms with Crippen molar-refractivity contribution in [2.24, 2.45) is 0 Å². The minimum atomic E-state index is -1.31. The molecule has 2 nitrogen and oxygen atoms in total. The Labute approximate surface area is 111 Å². The van der Waals surface area contributed by atoms with Gasteiger partial charge in [0.2, 0.25) is 0 Å². The van der Waals surface area contributed by atoms with Gasteiger partial charge in [0.1, 0.15) is 0 Å².